The van der Waals surface area contributed by atoms with Gasteiger partial charge in [-0.05, 0) is 37.0 Å². The number of hydrogen-bond acceptors (Lipinski definition) is 3. The highest BCUT2D eigenvalue weighted by Crippen LogP contribution is 2.21. The van der Waals surface area contributed by atoms with Gasteiger partial charge in [-0.1, -0.05) is 31.2 Å². The molecule has 1 amide bonds. The Morgan fingerprint density at radius 2 is 1.92 bits per heavy atom. The number of carbonyl (C=O) groups is 1. The molecule has 0 saturated carbocycles. The summed E-state index contributed by atoms with van der Waals surface area (Å²) in [6.07, 6.45) is 0.946. The van der Waals surface area contributed by atoms with Gasteiger partial charge in [-0.3, -0.25) is 4.79 Å². The highest BCUT2D eigenvalue weighted by Gasteiger charge is 2.08. The summed E-state index contributed by atoms with van der Waals surface area (Å²) in [6, 6.07) is 8.14. The molecule has 1 unspecified atom stereocenters. The van der Waals surface area contributed by atoms with Gasteiger partial charge in [0.25, 0.3) is 0 Å². The number of guanidine groups is 1. The highest BCUT2D eigenvalue weighted by atomic mass is 16.5. The van der Waals surface area contributed by atoms with Gasteiger partial charge in [-0.2, -0.15) is 0 Å². The van der Waals surface area contributed by atoms with E-state index in [-0.39, 0.29) is 12.5 Å². The highest BCUT2D eigenvalue weighted by molar-refractivity contribution is 5.84. The summed E-state index contributed by atoms with van der Waals surface area (Å²) in [7, 11) is 5.12. The van der Waals surface area contributed by atoms with E-state index in [2.05, 4.69) is 41.3 Å². The molecule has 0 heterocycles. The van der Waals surface area contributed by atoms with E-state index in [0.717, 1.165) is 24.3 Å². The summed E-state index contributed by atoms with van der Waals surface area (Å²) < 4.78 is 5.20. The van der Waals surface area contributed by atoms with Gasteiger partial charge in [-0.25, -0.2) is 4.99 Å². The van der Waals surface area contributed by atoms with E-state index >= 15 is 0 Å². The Labute approximate surface area is 157 Å². The van der Waals surface area contributed by atoms with Crippen LogP contribution in [-0.4, -0.2) is 57.6 Å². The normalized spacial score (nSPS) is 12.3. The third-order valence-electron chi connectivity index (χ3n) is 3.98. The number of nitrogens with zero attached hydrogens (tertiary/aromatic N) is 2. The second-order valence-corrected chi connectivity index (χ2v) is 6.65. The van der Waals surface area contributed by atoms with E-state index < -0.39 is 0 Å². The third kappa shape index (κ3) is 8.05. The Morgan fingerprint density at radius 1 is 1.27 bits per heavy atom. The Kier molecular flexibility index (Phi) is 9.26. The Balaban J connectivity index is 2.56. The lowest BCUT2D eigenvalue weighted by Gasteiger charge is -2.16. The van der Waals surface area contributed by atoms with E-state index in [4.69, 9.17) is 4.74 Å². The Hall–Kier alpha value is -2.50. The van der Waals surface area contributed by atoms with Crippen molar-refractivity contribution in [3.63, 3.8) is 0 Å². The summed E-state index contributed by atoms with van der Waals surface area (Å²) in [5.74, 6) is 1.86. The van der Waals surface area contributed by atoms with Crippen LogP contribution in [0, 0.1) is 0 Å². The number of likely N-dealkylation sites (N-methyl/N-ethyl adjacent to an activating group) is 1. The van der Waals surface area contributed by atoms with Gasteiger partial charge in [0.2, 0.25) is 5.91 Å². The van der Waals surface area contributed by atoms with Crippen molar-refractivity contribution < 1.29 is 9.53 Å². The van der Waals surface area contributed by atoms with Gasteiger partial charge in [-0.15, -0.1) is 0 Å². The summed E-state index contributed by atoms with van der Waals surface area (Å²) in [6.45, 7) is 9.51. The summed E-state index contributed by atoms with van der Waals surface area (Å²) in [5, 5.41) is 6.49. The molecule has 0 radical (unpaired) electrons. The zero-order valence-corrected chi connectivity index (χ0v) is 16.6. The molecule has 1 aromatic carbocycles. The molecule has 6 heteroatoms. The first-order valence-corrected chi connectivity index (χ1v) is 8.84. The van der Waals surface area contributed by atoms with Crippen molar-refractivity contribution in [3.05, 3.63) is 42.0 Å². The van der Waals surface area contributed by atoms with Crippen LogP contribution in [0.2, 0.25) is 0 Å². The van der Waals surface area contributed by atoms with Crippen LogP contribution in [0.4, 0.5) is 0 Å². The number of aliphatic imine (C=N–C) groups is 1. The molecule has 0 aliphatic rings. The van der Waals surface area contributed by atoms with E-state index in [1.807, 2.05) is 19.1 Å². The smallest absolute Gasteiger partial charge is 0.243 e. The minimum atomic E-state index is -0.0342. The number of carbonyl (C=O) groups excluding carboxylic acids is 1. The molecule has 144 valence electrons. The van der Waals surface area contributed by atoms with E-state index in [0.29, 0.717) is 18.4 Å². The Morgan fingerprint density at radius 3 is 2.46 bits per heavy atom. The number of hydrogen-bond donors (Lipinski definition) is 2. The maximum atomic E-state index is 11.7. The van der Waals surface area contributed by atoms with E-state index in [9.17, 15) is 4.79 Å². The largest absolute Gasteiger partial charge is 0.497 e. The fourth-order valence-corrected chi connectivity index (χ4v) is 2.20. The van der Waals surface area contributed by atoms with Gasteiger partial charge in [0.05, 0.1) is 7.11 Å². The van der Waals surface area contributed by atoms with Crippen LogP contribution in [-0.2, 0) is 4.79 Å². The van der Waals surface area contributed by atoms with Crippen molar-refractivity contribution in [1.82, 2.24) is 15.5 Å². The molecular formula is C20H32N4O2. The summed E-state index contributed by atoms with van der Waals surface area (Å²) >= 11 is 0. The molecular weight excluding hydrogens is 328 g/mol. The van der Waals surface area contributed by atoms with Crippen LogP contribution in [0.25, 0.3) is 0 Å². The zero-order valence-electron chi connectivity index (χ0n) is 16.6. The second-order valence-electron chi connectivity index (χ2n) is 6.65. The van der Waals surface area contributed by atoms with Crippen LogP contribution >= 0.6 is 0 Å². The average Bonchev–Trinajstić information content (AvgIpc) is 2.62. The second kappa shape index (κ2) is 11.2. The molecule has 0 fully saturated rings. The molecule has 26 heavy (non-hydrogen) atoms. The minimum absolute atomic E-state index is 0.0342. The monoisotopic (exact) mass is 360 g/mol. The Bertz CT molecular complexity index is 609. The number of amides is 1. The number of methoxy groups -OCH3 is 1. The number of nitrogens with one attached hydrogen (secondary N) is 2. The van der Waals surface area contributed by atoms with E-state index in [1.165, 1.54) is 10.5 Å². The number of rotatable bonds is 9. The maximum Gasteiger partial charge on any atom is 0.243 e. The molecule has 2 N–H and O–H groups in total. The van der Waals surface area contributed by atoms with Crippen LogP contribution in [0.3, 0.4) is 0 Å². The van der Waals surface area contributed by atoms with Crippen LogP contribution in [0.5, 0.6) is 5.75 Å². The molecule has 1 rings (SSSR count). The molecule has 0 aliphatic carbocycles. The molecule has 0 aliphatic heterocycles. The summed E-state index contributed by atoms with van der Waals surface area (Å²) in [5.41, 5.74) is 2.27. The molecule has 0 saturated heterocycles. The van der Waals surface area contributed by atoms with Gasteiger partial charge in [0.1, 0.15) is 12.3 Å². The lowest BCUT2D eigenvalue weighted by atomic mass is 9.98. The van der Waals surface area contributed by atoms with Crippen molar-refractivity contribution in [2.75, 3.05) is 40.8 Å². The lowest BCUT2D eigenvalue weighted by molar-refractivity contribution is -0.127. The van der Waals surface area contributed by atoms with Crippen molar-refractivity contribution >= 4 is 11.9 Å². The molecule has 1 atom stereocenters. The maximum absolute atomic E-state index is 11.7. The topological polar surface area (TPSA) is 66.0 Å². The summed E-state index contributed by atoms with van der Waals surface area (Å²) in [4.78, 5) is 17.6. The van der Waals surface area contributed by atoms with Gasteiger partial charge in [0.15, 0.2) is 5.96 Å². The first-order chi connectivity index (χ1) is 12.3. The first-order valence-electron chi connectivity index (χ1n) is 8.84. The molecule has 0 spiro atoms. The van der Waals surface area contributed by atoms with Crippen molar-refractivity contribution in [3.8, 4) is 5.75 Å². The third-order valence-corrected chi connectivity index (χ3v) is 3.98. The molecule has 0 bridgehead atoms. The van der Waals surface area contributed by atoms with E-state index in [1.54, 1.807) is 21.2 Å². The van der Waals surface area contributed by atoms with Crippen molar-refractivity contribution in [2.24, 2.45) is 4.99 Å². The van der Waals surface area contributed by atoms with Gasteiger partial charge >= 0.3 is 0 Å². The first kappa shape index (κ1) is 21.5. The van der Waals surface area contributed by atoms with Crippen molar-refractivity contribution in [1.29, 1.82) is 0 Å². The SMILES string of the molecule is C=C(C)CNC(=NCC(=O)N(C)C)NCCC(C)c1ccc(OC)cc1. The van der Waals surface area contributed by atoms with Crippen LogP contribution in [0.15, 0.2) is 41.4 Å². The quantitative estimate of drug-likeness (QED) is 0.403. The lowest BCUT2D eigenvalue weighted by Crippen LogP contribution is -2.40. The van der Waals surface area contributed by atoms with Gasteiger partial charge < -0.3 is 20.3 Å². The molecule has 6 nitrogen and oxygen atoms in total. The fourth-order valence-electron chi connectivity index (χ4n) is 2.20. The van der Waals surface area contributed by atoms with Crippen LogP contribution in [0.1, 0.15) is 31.7 Å². The minimum Gasteiger partial charge on any atom is -0.497 e. The number of benzene rings is 1. The van der Waals surface area contributed by atoms with Gasteiger partial charge in [0, 0.05) is 27.2 Å². The van der Waals surface area contributed by atoms with Crippen molar-refractivity contribution in [2.45, 2.75) is 26.2 Å². The molecule has 1 aromatic rings. The molecule has 0 aromatic heterocycles. The average molecular weight is 361 g/mol. The predicted octanol–water partition coefficient (Wildman–Crippen LogP) is 2.39. The zero-order chi connectivity index (χ0) is 19.5. The predicted molar refractivity (Wildman–Crippen MR) is 108 cm³/mol. The fraction of sp³-hybridized carbons (Fsp3) is 0.500. The van der Waals surface area contributed by atoms with Crippen LogP contribution < -0.4 is 15.4 Å². The number of ether oxygens (including phenoxy) is 1. The standard InChI is InChI=1S/C20H32N4O2/c1-15(2)13-22-20(23-14-19(25)24(4)5)21-12-11-16(3)17-7-9-18(26-6)10-8-17/h7-10,16H,1,11-14H2,2-6H3,(H2,21,22,23).